The average molecular weight is 353 g/mol. The van der Waals surface area contributed by atoms with E-state index in [4.69, 9.17) is 0 Å². The number of hydrogen-bond donors (Lipinski definition) is 0. The SMILES string of the molecule is C=CCN1C(=O)S/C(=C\c2ccccc2Sc2ccccc2)C1=O. The van der Waals surface area contributed by atoms with Gasteiger partial charge in [0.1, 0.15) is 0 Å². The van der Waals surface area contributed by atoms with E-state index in [0.29, 0.717) is 4.91 Å². The quantitative estimate of drug-likeness (QED) is 0.556. The second-order valence-corrected chi connectivity index (χ2v) is 7.14. The number of imide groups is 1. The molecule has 0 unspecified atom stereocenters. The predicted molar refractivity (Wildman–Crippen MR) is 99.9 cm³/mol. The summed E-state index contributed by atoms with van der Waals surface area (Å²) >= 11 is 2.60. The van der Waals surface area contributed by atoms with Gasteiger partial charge in [-0.25, -0.2) is 0 Å². The summed E-state index contributed by atoms with van der Waals surface area (Å²) in [7, 11) is 0. The molecule has 3 rings (SSSR count). The van der Waals surface area contributed by atoms with E-state index in [2.05, 4.69) is 6.58 Å². The van der Waals surface area contributed by atoms with Crippen LogP contribution in [0.1, 0.15) is 5.56 Å². The maximum absolute atomic E-state index is 12.3. The number of carbonyl (C=O) groups is 2. The second kappa shape index (κ2) is 7.55. The van der Waals surface area contributed by atoms with Crippen LogP contribution in [-0.4, -0.2) is 22.6 Å². The number of amides is 2. The molecule has 0 aliphatic carbocycles. The van der Waals surface area contributed by atoms with Crippen LogP contribution in [0.25, 0.3) is 6.08 Å². The third-order valence-electron chi connectivity index (χ3n) is 3.36. The summed E-state index contributed by atoms with van der Waals surface area (Å²) in [5, 5.41) is -0.251. The minimum absolute atomic E-state index is 0.239. The van der Waals surface area contributed by atoms with Crippen molar-refractivity contribution in [1.82, 2.24) is 4.90 Å². The summed E-state index contributed by atoms with van der Waals surface area (Å²) in [4.78, 5) is 28.1. The van der Waals surface area contributed by atoms with Crippen molar-refractivity contribution in [1.29, 1.82) is 0 Å². The highest BCUT2D eigenvalue weighted by Gasteiger charge is 2.34. The first-order valence-corrected chi connectivity index (χ1v) is 9.00. The molecular formula is C19H15NO2S2. The molecule has 1 aliphatic rings. The largest absolute Gasteiger partial charge is 0.293 e. The number of carbonyl (C=O) groups excluding carboxylic acids is 2. The first-order chi connectivity index (χ1) is 11.7. The number of thioether (sulfide) groups is 1. The van der Waals surface area contributed by atoms with Gasteiger partial charge in [-0.1, -0.05) is 54.2 Å². The van der Waals surface area contributed by atoms with E-state index in [9.17, 15) is 9.59 Å². The zero-order valence-corrected chi connectivity index (χ0v) is 14.5. The number of nitrogens with zero attached hydrogens (tertiary/aromatic N) is 1. The molecule has 0 bridgehead atoms. The van der Waals surface area contributed by atoms with Gasteiger partial charge in [0, 0.05) is 16.3 Å². The topological polar surface area (TPSA) is 37.4 Å². The first kappa shape index (κ1) is 16.6. The maximum Gasteiger partial charge on any atom is 0.293 e. The van der Waals surface area contributed by atoms with E-state index in [0.717, 1.165) is 27.1 Å². The summed E-state index contributed by atoms with van der Waals surface area (Å²) in [5.41, 5.74) is 0.926. The minimum Gasteiger partial charge on any atom is -0.268 e. The van der Waals surface area contributed by atoms with Crippen LogP contribution in [0.2, 0.25) is 0 Å². The van der Waals surface area contributed by atoms with Gasteiger partial charge in [-0.2, -0.15) is 0 Å². The molecule has 0 radical (unpaired) electrons. The molecular weight excluding hydrogens is 338 g/mol. The Bertz CT molecular complexity index is 815. The van der Waals surface area contributed by atoms with E-state index >= 15 is 0 Å². The van der Waals surface area contributed by atoms with Gasteiger partial charge < -0.3 is 0 Å². The molecule has 1 saturated heterocycles. The first-order valence-electron chi connectivity index (χ1n) is 7.37. The molecule has 5 heteroatoms. The van der Waals surface area contributed by atoms with E-state index in [1.54, 1.807) is 23.9 Å². The van der Waals surface area contributed by atoms with Crippen LogP contribution in [0, 0.1) is 0 Å². The van der Waals surface area contributed by atoms with Gasteiger partial charge in [0.2, 0.25) is 0 Å². The van der Waals surface area contributed by atoms with Crippen molar-refractivity contribution >= 4 is 40.7 Å². The molecule has 2 aromatic carbocycles. The lowest BCUT2D eigenvalue weighted by Gasteiger charge is -2.08. The van der Waals surface area contributed by atoms with Crippen LogP contribution in [0.15, 0.2) is 81.9 Å². The zero-order chi connectivity index (χ0) is 16.9. The number of rotatable bonds is 5. The fourth-order valence-electron chi connectivity index (χ4n) is 2.24. The van der Waals surface area contributed by atoms with Gasteiger partial charge >= 0.3 is 0 Å². The lowest BCUT2D eigenvalue weighted by molar-refractivity contribution is -0.122. The Kier molecular flexibility index (Phi) is 5.23. The Morgan fingerprint density at radius 3 is 2.50 bits per heavy atom. The molecule has 0 N–H and O–H groups in total. The summed E-state index contributed by atoms with van der Waals surface area (Å²) in [6.45, 7) is 3.82. The fourth-order valence-corrected chi connectivity index (χ4v) is 4.01. The molecule has 1 heterocycles. The van der Waals surface area contributed by atoms with Gasteiger partial charge in [-0.05, 0) is 41.6 Å². The average Bonchev–Trinajstić information content (AvgIpc) is 2.85. The van der Waals surface area contributed by atoms with E-state index < -0.39 is 0 Å². The van der Waals surface area contributed by atoms with Crippen LogP contribution in [0.5, 0.6) is 0 Å². The Balaban J connectivity index is 1.89. The normalized spacial score (nSPS) is 16.0. The van der Waals surface area contributed by atoms with Crippen LogP contribution >= 0.6 is 23.5 Å². The fraction of sp³-hybridized carbons (Fsp3) is 0.0526. The van der Waals surface area contributed by atoms with Crippen molar-refractivity contribution in [3.8, 4) is 0 Å². The van der Waals surface area contributed by atoms with Gasteiger partial charge in [-0.3, -0.25) is 14.5 Å². The molecule has 3 nitrogen and oxygen atoms in total. The van der Waals surface area contributed by atoms with Crippen molar-refractivity contribution in [3.63, 3.8) is 0 Å². The van der Waals surface area contributed by atoms with Crippen molar-refractivity contribution in [2.45, 2.75) is 9.79 Å². The highest BCUT2D eigenvalue weighted by Crippen LogP contribution is 2.36. The van der Waals surface area contributed by atoms with Gasteiger partial charge in [0.25, 0.3) is 11.1 Å². The molecule has 0 spiro atoms. The van der Waals surface area contributed by atoms with Crippen LogP contribution in [0.3, 0.4) is 0 Å². The Morgan fingerprint density at radius 1 is 1.04 bits per heavy atom. The van der Waals surface area contributed by atoms with E-state index in [-0.39, 0.29) is 17.7 Å². The van der Waals surface area contributed by atoms with Crippen molar-refractivity contribution in [3.05, 3.63) is 77.7 Å². The Morgan fingerprint density at radius 2 is 1.75 bits per heavy atom. The molecule has 1 fully saturated rings. The smallest absolute Gasteiger partial charge is 0.268 e. The van der Waals surface area contributed by atoms with Crippen LogP contribution in [-0.2, 0) is 4.79 Å². The molecule has 2 aromatic rings. The second-order valence-electron chi connectivity index (χ2n) is 5.03. The Hall–Kier alpha value is -2.24. The molecule has 1 aliphatic heterocycles. The van der Waals surface area contributed by atoms with Crippen LogP contribution < -0.4 is 0 Å². The predicted octanol–water partition coefficient (Wildman–Crippen LogP) is 5.06. The number of hydrogen-bond acceptors (Lipinski definition) is 4. The summed E-state index contributed by atoms with van der Waals surface area (Å²) < 4.78 is 0. The van der Waals surface area contributed by atoms with Crippen molar-refractivity contribution < 1.29 is 9.59 Å². The monoisotopic (exact) mass is 353 g/mol. The molecule has 24 heavy (non-hydrogen) atoms. The molecule has 2 amide bonds. The lowest BCUT2D eigenvalue weighted by Crippen LogP contribution is -2.27. The van der Waals surface area contributed by atoms with E-state index in [1.807, 2.05) is 54.6 Å². The highest BCUT2D eigenvalue weighted by atomic mass is 32.2. The molecule has 0 atom stereocenters. The third kappa shape index (κ3) is 3.63. The van der Waals surface area contributed by atoms with Gasteiger partial charge in [0.05, 0.1) is 4.91 Å². The number of benzene rings is 2. The summed E-state index contributed by atoms with van der Waals surface area (Å²) in [6, 6.07) is 17.9. The zero-order valence-electron chi connectivity index (χ0n) is 12.8. The van der Waals surface area contributed by atoms with Gasteiger partial charge in [0.15, 0.2) is 0 Å². The van der Waals surface area contributed by atoms with Crippen LogP contribution in [0.4, 0.5) is 4.79 Å². The summed E-state index contributed by atoms with van der Waals surface area (Å²) in [6.07, 6.45) is 3.35. The van der Waals surface area contributed by atoms with Crippen molar-refractivity contribution in [2.24, 2.45) is 0 Å². The highest BCUT2D eigenvalue weighted by molar-refractivity contribution is 8.18. The van der Waals surface area contributed by atoms with E-state index in [1.165, 1.54) is 4.90 Å². The molecule has 0 aromatic heterocycles. The van der Waals surface area contributed by atoms with Crippen molar-refractivity contribution in [2.75, 3.05) is 6.54 Å². The maximum atomic E-state index is 12.3. The minimum atomic E-state index is -0.260. The standard InChI is InChI=1S/C19H15NO2S2/c1-2-12-20-18(21)17(24-19(20)22)13-14-8-6-7-11-16(14)23-15-9-4-3-5-10-15/h2-11,13H,1,12H2/b17-13-. The third-order valence-corrected chi connectivity index (χ3v) is 5.37. The van der Waals surface area contributed by atoms with Gasteiger partial charge in [-0.15, -0.1) is 6.58 Å². The molecule has 120 valence electrons. The lowest BCUT2D eigenvalue weighted by atomic mass is 10.2. The summed E-state index contributed by atoms with van der Waals surface area (Å²) in [5.74, 6) is -0.260. The Labute approximate surface area is 149 Å². The molecule has 0 saturated carbocycles.